The standard InChI is InChI=1S/C16H24O8/c17-9-3-1-7-15(13(21)22)11(19)5-6-12(20)16(15,14(23)24)8-2-4-10-18/h17-18H,1-10H2,(H,21,22)(H,23,24). The lowest BCUT2D eigenvalue weighted by atomic mass is 9.51. The van der Waals surface area contributed by atoms with Gasteiger partial charge in [0.1, 0.15) is 10.8 Å². The number of aliphatic carboxylic acids is 2. The van der Waals surface area contributed by atoms with E-state index in [1.54, 1.807) is 0 Å². The highest BCUT2D eigenvalue weighted by Gasteiger charge is 2.69. The minimum atomic E-state index is -2.32. The van der Waals surface area contributed by atoms with Gasteiger partial charge in [0.2, 0.25) is 0 Å². The van der Waals surface area contributed by atoms with E-state index in [0.717, 1.165) is 0 Å². The summed E-state index contributed by atoms with van der Waals surface area (Å²) in [6.45, 7) is -0.440. The van der Waals surface area contributed by atoms with E-state index in [0.29, 0.717) is 0 Å². The van der Waals surface area contributed by atoms with E-state index in [-0.39, 0.29) is 64.6 Å². The van der Waals surface area contributed by atoms with Crippen LogP contribution in [0.4, 0.5) is 0 Å². The number of carbonyl (C=O) groups excluding carboxylic acids is 2. The molecule has 1 fully saturated rings. The van der Waals surface area contributed by atoms with Crippen molar-refractivity contribution < 1.29 is 39.6 Å². The van der Waals surface area contributed by atoms with Gasteiger partial charge in [0, 0.05) is 26.1 Å². The second kappa shape index (κ2) is 8.34. The third-order valence-electron chi connectivity index (χ3n) is 4.91. The molecule has 2 unspecified atom stereocenters. The molecular formula is C16H24O8. The van der Waals surface area contributed by atoms with Crippen LogP contribution in [0.15, 0.2) is 0 Å². The highest BCUT2D eigenvalue weighted by atomic mass is 16.4. The highest BCUT2D eigenvalue weighted by Crippen LogP contribution is 2.53. The number of hydrogen-bond acceptors (Lipinski definition) is 6. The van der Waals surface area contributed by atoms with Crippen LogP contribution in [0.5, 0.6) is 0 Å². The van der Waals surface area contributed by atoms with Crippen LogP contribution < -0.4 is 0 Å². The van der Waals surface area contributed by atoms with E-state index < -0.39 is 34.3 Å². The van der Waals surface area contributed by atoms with Crippen molar-refractivity contribution in [1.29, 1.82) is 0 Å². The van der Waals surface area contributed by atoms with Crippen LogP contribution >= 0.6 is 0 Å². The zero-order chi connectivity index (χ0) is 18.4. The number of carbonyl (C=O) groups is 4. The smallest absolute Gasteiger partial charge is 0.318 e. The molecule has 0 spiro atoms. The molecule has 0 heterocycles. The van der Waals surface area contributed by atoms with Crippen molar-refractivity contribution in [2.24, 2.45) is 10.8 Å². The normalized spacial score (nSPS) is 27.2. The molecule has 8 nitrogen and oxygen atoms in total. The summed E-state index contributed by atoms with van der Waals surface area (Å²) in [5.41, 5.74) is -4.64. The van der Waals surface area contributed by atoms with Gasteiger partial charge in [-0.05, 0) is 38.5 Å². The summed E-state index contributed by atoms with van der Waals surface area (Å²) in [7, 11) is 0. The molecule has 0 aromatic carbocycles. The fourth-order valence-electron chi connectivity index (χ4n) is 3.66. The SMILES string of the molecule is O=C(O)C1(CCCCO)C(=O)CCC(=O)C1(CCCCO)C(=O)O. The van der Waals surface area contributed by atoms with Crippen molar-refractivity contribution in [3.63, 3.8) is 0 Å². The van der Waals surface area contributed by atoms with Crippen molar-refractivity contribution in [3.05, 3.63) is 0 Å². The average molecular weight is 344 g/mol. The number of rotatable bonds is 10. The topological polar surface area (TPSA) is 149 Å². The fourth-order valence-corrected chi connectivity index (χ4v) is 3.66. The Balaban J connectivity index is 3.45. The number of aliphatic hydroxyl groups is 2. The Bertz CT molecular complexity index is 468. The molecule has 0 amide bonds. The largest absolute Gasteiger partial charge is 0.480 e. The minimum absolute atomic E-state index is 0.122. The molecule has 1 rings (SSSR count). The summed E-state index contributed by atoms with van der Waals surface area (Å²) in [5.74, 6) is -4.72. The molecule has 136 valence electrons. The van der Waals surface area contributed by atoms with E-state index in [9.17, 15) is 29.4 Å². The van der Waals surface area contributed by atoms with Gasteiger partial charge in [0.25, 0.3) is 0 Å². The van der Waals surface area contributed by atoms with Crippen LogP contribution in [-0.2, 0) is 19.2 Å². The number of carboxylic acid groups (broad SMARTS) is 2. The van der Waals surface area contributed by atoms with E-state index in [1.807, 2.05) is 0 Å². The maximum absolute atomic E-state index is 12.5. The molecule has 8 heteroatoms. The molecule has 2 atom stereocenters. The van der Waals surface area contributed by atoms with E-state index in [4.69, 9.17) is 10.2 Å². The molecule has 1 saturated carbocycles. The molecule has 1 aliphatic carbocycles. The van der Waals surface area contributed by atoms with Crippen LogP contribution in [0, 0.1) is 10.8 Å². The third kappa shape index (κ3) is 3.21. The highest BCUT2D eigenvalue weighted by molar-refractivity contribution is 6.20. The maximum atomic E-state index is 12.5. The van der Waals surface area contributed by atoms with Gasteiger partial charge in [0.15, 0.2) is 11.6 Å². The number of carboxylic acids is 2. The predicted octanol–water partition coefficient (Wildman–Crippen LogP) is 0.386. The first-order chi connectivity index (χ1) is 11.3. The summed E-state index contributed by atoms with van der Waals surface area (Å²) in [6, 6.07) is 0. The minimum Gasteiger partial charge on any atom is -0.480 e. The van der Waals surface area contributed by atoms with Crippen LogP contribution in [0.25, 0.3) is 0 Å². The van der Waals surface area contributed by atoms with Crippen molar-refractivity contribution >= 4 is 23.5 Å². The number of unbranched alkanes of at least 4 members (excludes halogenated alkanes) is 2. The molecule has 0 radical (unpaired) electrons. The zero-order valence-electron chi connectivity index (χ0n) is 13.5. The monoisotopic (exact) mass is 344 g/mol. The summed E-state index contributed by atoms with van der Waals surface area (Å²) >= 11 is 0. The third-order valence-corrected chi connectivity index (χ3v) is 4.91. The first-order valence-corrected chi connectivity index (χ1v) is 8.06. The molecule has 0 aliphatic heterocycles. The van der Waals surface area contributed by atoms with Gasteiger partial charge in [-0.2, -0.15) is 0 Å². The van der Waals surface area contributed by atoms with E-state index in [1.165, 1.54) is 0 Å². The molecular weight excluding hydrogens is 320 g/mol. The van der Waals surface area contributed by atoms with Crippen LogP contribution in [-0.4, -0.2) is 57.1 Å². The van der Waals surface area contributed by atoms with Crippen molar-refractivity contribution in [1.82, 2.24) is 0 Å². The lowest BCUT2D eigenvalue weighted by molar-refractivity contribution is -0.187. The predicted molar refractivity (Wildman–Crippen MR) is 81.3 cm³/mol. The zero-order valence-corrected chi connectivity index (χ0v) is 13.5. The lowest BCUT2D eigenvalue weighted by Gasteiger charge is -2.46. The lowest BCUT2D eigenvalue weighted by Crippen LogP contribution is -2.63. The Morgan fingerprint density at radius 2 is 1.08 bits per heavy atom. The van der Waals surface area contributed by atoms with Crippen molar-refractivity contribution in [3.8, 4) is 0 Å². The van der Waals surface area contributed by atoms with Gasteiger partial charge in [-0.1, -0.05) is 0 Å². The quantitative estimate of drug-likeness (QED) is 0.328. The van der Waals surface area contributed by atoms with Crippen molar-refractivity contribution in [2.75, 3.05) is 13.2 Å². The summed E-state index contributed by atoms with van der Waals surface area (Å²) in [6.07, 6.45) is -0.532. The Labute approximate surface area is 139 Å². The second-order valence-electron chi connectivity index (χ2n) is 6.13. The summed E-state index contributed by atoms with van der Waals surface area (Å²) in [4.78, 5) is 49.1. The summed E-state index contributed by atoms with van der Waals surface area (Å²) < 4.78 is 0. The van der Waals surface area contributed by atoms with Gasteiger partial charge in [0.05, 0.1) is 0 Å². The Morgan fingerprint density at radius 3 is 1.33 bits per heavy atom. The van der Waals surface area contributed by atoms with Crippen LogP contribution in [0.2, 0.25) is 0 Å². The molecule has 24 heavy (non-hydrogen) atoms. The van der Waals surface area contributed by atoms with Crippen LogP contribution in [0.3, 0.4) is 0 Å². The van der Waals surface area contributed by atoms with E-state index in [2.05, 4.69) is 0 Å². The molecule has 4 N–H and O–H groups in total. The fraction of sp³-hybridized carbons (Fsp3) is 0.750. The van der Waals surface area contributed by atoms with Gasteiger partial charge < -0.3 is 20.4 Å². The number of Topliss-reactive ketones (excluding diaryl/α,β-unsaturated/α-hetero) is 2. The number of aliphatic hydroxyl groups excluding tert-OH is 2. The van der Waals surface area contributed by atoms with Gasteiger partial charge >= 0.3 is 11.9 Å². The average Bonchev–Trinajstić information content (AvgIpc) is 2.52. The van der Waals surface area contributed by atoms with E-state index >= 15 is 0 Å². The Morgan fingerprint density at radius 1 is 0.750 bits per heavy atom. The van der Waals surface area contributed by atoms with Gasteiger partial charge in [-0.3, -0.25) is 19.2 Å². The van der Waals surface area contributed by atoms with Crippen LogP contribution in [0.1, 0.15) is 51.4 Å². The first-order valence-electron chi connectivity index (χ1n) is 8.06. The molecule has 1 aliphatic rings. The molecule has 0 saturated heterocycles. The van der Waals surface area contributed by atoms with Crippen molar-refractivity contribution in [2.45, 2.75) is 51.4 Å². The number of ketones is 2. The Kier molecular flexibility index (Phi) is 7.04. The second-order valence-corrected chi connectivity index (χ2v) is 6.13. The molecule has 0 bridgehead atoms. The van der Waals surface area contributed by atoms with Gasteiger partial charge in [-0.15, -0.1) is 0 Å². The summed E-state index contributed by atoms with van der Waals surface area (Å²) in [5, 5.41) is 37.3. The molecule has 0 aromatic heterocycles. The first kappa shape index (κ1) is 20.2. The Hall–Kier alpha value is -1.80. The number of hydrogen-bond donors (Lipinski definition) is 4. The van der Waals surface area contributed by atoms with Gasteiger partial charge in [-0.25, -0.2) is 0 Å². The molecule has 0 aromatic rings. The maximum Gasteiger partial charge on any atom is 0.318 e.